The molecule has 0 saturated heterocycles. The number of hydrogen-bond donors (Lipinski definition) is 3. The quantitative estimate of drug-likeness (QED) is 0.571. The maximum Gasteiger partial charge on any atom is 0.256 e. The average Bonchev–Trinajstić information content (AvgIpc) is 3.01. The van der Waals surface area contributed by atoms with Crippen LogP contribution in [0, 0.1) is 11.3 Å². The Morgan fingerprint density at radius 1 is 1.33 bits per heavy atom. The largest absolute Gasteiger partial charge is 0.508 e. The number of amides is 1. The van der Waals surface area contributed by atoms with Gasteiger partial charge in [0.25, 0.3) is 5.91 Å². The molecule has 1 aliphatic heterocycles. The Hall–Kier alpha value is -1.53. The predicted octanol–water partition coefficient (Wildman–Crippen LogP) is 5.61. The fourth-order valence-electron chi connectivity index (χ4n) is 4.16. The summed E-state index contributed by atoms with van der Waals surface area (Å²) in [5.41, 5.74) is 3.21. The summed E-state index contributed by atoms with van der Waals surface area (Å²) in [7, 11) is 0. The summed E-state index contributed by atoms with van der Waals surface area (Å²) in [6, 6.07) is 5.11. The highest BCUT2D eigenvalue weighted by Gasteiger charge is 2.37. The lowest BCUT2D eigenvalue weighted by atomic mass is 9.69. The molecule has 27 heavy (non-hydrogen) atoms. The van der Waals surface area contributed by atoms with Crippen LogP contribution >= 0.6 is 27.3 Å². The highest BCUT2D eigenvalue weighted by atomic mass is 79.9. The zero-order valence-electron chi connectivity index (χ0n) is 15.9. The molecule has 0 unspecified atom stereocenters. The molecule has 0 bridgehead atoms. The number of benzene rings is 1. The van der Waals surface area contributed by atoms with Crippen LogP contribution in [-0.2, 0) is 12.8 Å². The SMILES string of the molecule is CCC(C)(C)[C@@H]1CCc2c(sc3c2C(=O)N[C@@H](c2cc(O)ccc2Br)N3)C1. The van der Waals surface area contributed by atoms with Gasteiger partial charge >= 0.3 is 0 Å². The molecule has 2 heterocycles. The Morgan fingerprint density at radius 3 is 2.85 bits per heavy atom. The molecule has 1 aliphatic carbocycles. The number of carbonyl (C=O) groups excluding carboxylic acids is 1. The van der Waals surface area contributed by atoms with E-state index in [1.165, 1.54) is 16.9 Å². The van der Waals surface area contributed by atoms with Gasteiger partial charge in [-0.3, -0.25) is 4.79 Å². The fraction of sp³-hybridized carbons (Fsp3) is 0.476. The van der Waals surface area contributed by atoms with Crippen molar-refractivity contribution in [2.75, 3.05) is 5.32 Å². The van der Waals surface area contributed by atoms with Gasteiger partial charge in [0, 0.05) is 14.9 Å². The highest BCUT2D eigenvalue weighted by molar-refractivity contribution is 9.10. The summed E-state index contributed by atoms with van der Waals surface area (Å²) in [5, 5.41) is 17.3. The van der Waals surface area contributed by atoms with Crippen LogP contribution in [0.3, 0.4) is 0 Å². The third-order valence-corrected chi connectivity index (χ3v) is 8.26. The van der Waals surface area contributed by atoms with Crippen molar-refractivity contribution in [2.24, 2.45) is 11.3 Å². The van der Waals surface area contributed by atoms with Crippen molar-refractivity contribution in [3.63, 3.8) is 0 Å². The second-order valence-electron chi connectivity index (χ2n) is 8.25. The van der Waals surface area contributed by atoms with Crippen molar-refractivity contribution < 1.29 is 9.90 Å². The maximum atomic E-state index is 12.9. The number of halogens is 1. The van der Waals surface area contributed by atoms with Crippen molar-refractivity contribution >= 4 is 38.2 Å². The van der Waals surface area contributed by atoms with Crippen molar-refractivity contribution in [1.29, 1.82) is 0 Å². The van der Waals surface area contributed by atoms with E-state index in [4.69, 9.17) is 0 Å². The standard InChI is InChI=1S/C21H25BrN2O2S/c1-4-21(2,3)11-5-7-13-16(9-11)27-20-17(13)19(26)23-18(24-20)14-10-12(25)6-8-15(14)22/h6,8,10-11,18,24-25H,4-5,7,9H2,1-3H3,(H,23,26)/t11-,18-/m1/s1. The number of carbonyl (C=O) groups is 1. The Morgan fingerprint density at radius 2 is 2.11 bits per heavy atom. The van der Waals surface area contributed by atoms with Crippen LogP contribution in [0.2, 0.25) is 0 Å². The molecule has 0 saturated carbocycles. The molecule has 0 fully saturated rings. The average molecular weight is 449 g/mol. The van der Waals surface area contributed by atoms with Crippen LogP contribution in [-0.4, -0.2) is 11.0 Å². The number of thiophene rings is 1. The van der Waals surface area contributed by atoms with E-state index in [0.717, 1.165) is 39.9 Å². The van der Waals surface area contributed by atoms with Gasteiger partial charge in [0.05, 0.1) is 5.56 Å². The summed E-state index contributed by atoms with van der Waals surface area (Å²) in [4.78, 5) is 14.3. The van der Waals surface area contributed by atoms with Crippen molar-refractivity contribution in [1.82, 2.24) is 5.32 Å². The zero-order chi connectivity index (χ0) is 19.3. The molecule has 1 aromatic carbocycles. The zero-order valence-corrected chi connectivity index (χ0v) is 18.3. The van der Waals surface area contributed by atoms with Gasteiger partial charge in [-0.15, -0.1) is 11.3 Å². The van der Waals surface area contributed by atoms with Gasteiger partial charge in [0.1, 0.15) is 16.9 Å². The maximum absolute atomic E-state index is 12.9. The molecule has 2 aliphatic rings. The van der Waals surface area contributed by atoms with E-state index in [2.05, 4.69) is 47.3 Å². The number of rotatable bonds is 3. The molecule has 2 atom stereocenters. The van der Waals surface area contributed by atoms with Gasteiger partial charge in [-0.2, -0.15) is 0 Å². The first-order chi connectivity index (χ1) is 12.8. The predicted molar refractivity (Wildman–Crippen MR) is 114 cm³/mol. The first-order valence-electron chi connectivity index (χ1n) is 9.50. The van der Waals surface area contributed by atoms with Gasteiger partial charge in [-0.1, -0.05) is 43.1 Å². The topological polar surface area (TPSA) is 61.4 Å². The molecule has 1 aromatic heterocycles. The van der Waals surface area contributed by atoms with Gasteiger partial charge in [0.2, 0.25) is 0 Å². The highest BCUT2D eigenvalue weighted by Crippen LogP contribution is 2.47. The lowest BCUT2D eigenvalue weighted by Gasteiger charge is -2.36. The smallest absolute Gasteiger partial charge is 0.256 e. The van der Waals surface area contributed by atoms with Crippen molar-refractivity contribution in [3.8, 4) is 5.75 Å². The normalized spacial score (nSPS) is 21.9. The van der Waals surface area contributed by atoms with E-state index in [9.17, 15) is 9.90 Å². The fourth-order valence-corrected chi connectivity index (χ4v) is 5.99. The molecule has 1 amide bonds. The summed E-state index contributed by atoms with van der Waals surface area (Å²) in [6.07, 6.45) is 4.00. The Kier molecular flexibility index (Phi) is 4.75. The van der Waals surface area contributed by atoms with E-state index in [-0.39, 0.29) is 17.8 Å². The molecule has 2 aromatic rings. The van der Waals surface area contributed by atoms with E-state index >= 15 is 0 Å². The van der Waals surface area contributed by atoms with Gasteiger partial charge in [-0.25, -0.2) is 0 Å². The van der Waals surface area contributed by atoms with Crippen LogP contribution in [0.4, 0.5) is 5.00 Å². The summed E-state index contributed by atoms with van der Waals surface area (Å²) >= 11 is 5.25. The first-order valence-corrected chi connectivity index (χ1v) is 11.1. The third kappa shape index (κ3) is 3.27. The van der Waals surface area contributed by atoms with Crippen LogP contribution in [0.25, 0.3) is 0 Å². The number of phenols is 1. The number of hydrogen-bond acceptors (Lipinski definition) is 4. The van der Waals surface area contributed by atoms with Gasteiger partial charge in [0.15, 0.2) is 0 Å². The van der Waals surface area contributed by atoms with Crippen LogP contribution in [0.5, 0.6) is 5.75 Å². The van der Waals surface area contributed by atoms with E-state index in [1.54, 1.807) is 29.5 Å². The molecule has 0 spiro atoms. The molecule has 4 rings (SSSR count). The van der Waals surface area contributed by atoms with Gasteiger partial charge in [-0.05, 0) is 54.4 Å². The summed E-state index contributed by atoms with van der Waals surface area (Å²) < 4.78 is 0.854. The minimum atomic E-state index is -0.352. The second kappa shape index (κ2) is 6.82. The monoisotopic (exact) mass is 448 g/mol. The molecule has 0 radical (unpaired) electrons. The minimum Gasteiger partial charge on any atom is -0.508 e. The summed E-state index contributed by atoms with van der Waals surface area (Å²) in [5.74, 6) is 0.828. The van der Waals surface area contributed by atoms with Gasteiger partial charge < -0.3 is 15.7 Å². The minimum absolute atomic E-state index is 0.0188. The molecule has 4 nitrogen and oxygen atoms in total. The number of aromatic hydroxyl groups is 1. The lowest BCUT2D eigenvalue weighted by molar-refractivity contribution is 0.0934. The van der Waals surface area contributed by atoms with E-state index in [1.807, 2.05) is 0 Å². The van der Waals surface area contributed by atoms with Crippen molar-refractivity contribution in [3.05, 3.63) is 44.2 Å². The number of anilines is 1. The van der Waals surface area contributed by atoms with Crippen LogP contribution in [0.1, 0.15) is 66.1 Å². The summed E-state index contributed by atoms with van der Waals surface area (Å²) in [6.45, 7) is 6.98. The Labute approximate surface area is 172 Å². The Bertz CT molecular complexity index is 906. The molecular formula is C21H25BrN2O2S. The number of fused-ring (bicyclic) bond motifs is 3. The molecule has 6 heteroatoms. The van der Waals surface area contributed by atoms with E-state index < -0.39 is 0 Å². The van der Waals surface area contributed by atoms with E-state index in [0.29, 0.717) is 11.3 Å². The molecule has 144 valence electrons. The van der Waals surface area contributed by atoms with Crippen LogP contribution in [0.15, 0.2) is 22.7 Å². The third-order valence-electron chi connectivity index (χ3n) is 6.35. The second-order valence-corrected chi connectivity index (χ2v) is 10.2. The van der Waals surface area contributed by atoms with Crippen molar-refractivity contribution in [2.45, 2.75) is 52.6 Å². The van der Waals surface area contributed by atoms with Crippen LogP contribution < -0.4 is 10.6 Å². The number of nitrogens with one attached hydrogen (secondary N) is 2. The molecular weight excluding hydrogens is 424 g/mol. The first kappa shape index (κ1) is 18.8. The number of phenolic OH excluding ortho intramolecular Hbond substituents is 1. The molecule has 3 N–H and O–H groups in total. The lowest BCUT2D eigenvalue weighted by Crippen LogP contribution is -2.38. The Balaban J connectivity index is 1.66.